The van der Waals surface area contributed by atoms with E-state index in [1.165, 1.54) is 12.7 Å². The number of carbonyl (C=O) groups is 2. The van der Waals surface area contributed by atoms with Gasteiger partial charge in [-0.05, 0) is 38.4 Å². The fourth-order valence-corrected chi connectivity index (χ4v) is 2.30. The summed E-state index contributed by atoms with van der Waals surface area (Å²) in [4.78, 5) is 24.8. The van der Waals surface area contributed by atoms with E-state index in [-0.39, 0.29) is 11.9 Å². The second-order valence-corrected chi connectivity index (χ2v) is 5.71. The number of benzene rings is 1. The zero-order chi connectivity index (χ0) is 16.9. The lowest BCUT2D eigenvalue weighted by Gasteiger charge is -2.16. The normalized spacial score (nSPS) is 10.6. The molecule has 1 amide bonds. The van der Waals surface area contributed by atoms with Crippen molar-refractivity contribution in [2.24, 2.45) is 0 Å². The third kappa shape index (κ3) is 9.68. The summed E-state index contributed by atoms with van der Waals surface area (Å²) in [6, 6.07) is 10.1. The Kier molecular flexibility index (Phi) is 9.71. The predicted molar refractivity (Wildman–Crippen MR) is 91.1 cm³/mol. The minimum absolute atomic E-state index is 0.0537. The first kappa shape index (κ1) is 19.2. The van der Waals surface area contributed by atoms with Crippen LogP contribution in [0.3, 0.4) is 0 Å². The Hall–Kier alpha value is -1.88. The molecule has 0 aliphatic rings. The number of rotatable bonds is 11. The number of ether oxygens (including phenoxy) is 1. The molecule has 1 aromatic rings. The van der Waals surface area contributed by atoms with E-state index in [9.17, 15) is 9.59 Å². The van der Waals surface area contributed by atoms with Gasteiger partial charge in [-0.1, -0.05) is 36.8 Å². The second-order valence-electron chi connectivity index (χ2n) is 5.71. The molecule has 0 atom stereocenters. The Balaban J connectivity index is 2.03. The van der Waals surface area contributed by atoms with Gasteiger partial charge in [0.1, 0.15) is 0 Å². The molecule has 1 aromatic carbocycles. The highest BCUT2D eigenvalue weighted by Crippen LogP contribution is 2.02. The highest BCUT2D eigenvalue weighted by molar-refractivity contribution is 5.77. The molecule has 5 heteroatoms. The summed E-state index contributed by atoms with van der Waals surface area (Å²) in [6.07, 6.45) is 4.10. The average molecular weight is 320 g/mol. The molecule has 0 unspecified atom stereocenters. The van der Waals surface area contributed by atoms with E-state index in [1.807, 2.05) is 30.1 Å². The van der Waals surface area contributed by atoms with Gasteiger partial charge in [0.15, 0.2) is 0 Å². The molecule has 0 aromatic heterocycles. The SMILES string of the molecule is COC(=O)CCCCCN(C)CC(=O)NCCc1ccccc1. The van der Waals surface area contributed by atoms with Crippen LogP contribution in [0.5, 0.6) is 0 Å². The van der Waals surface area contributed by atoms with Gasteiger partial charge in [0.05, 0.1) is 13.7 Å². The monoisotopic (exact) mass is 320 g/mol. The van der Waals surface area contributed by atoms with Crippen molar-refractivity contribution >= 4 is 11.9 Å². The molecule has 1 N–H and O–H groups in total. The molecule has 0 spiro atoms. The van der Waals surface area contributed by atoms with Gasteiger partial charge in [0.25, 0.3) is 0 Å². The largest absolute Gasteiger partial charge is 0.469 e. The second kappa shape index (κ2) is 11.7. The van der Waals surface area contributed by atoms with Crippen LogP contribution in [0, 0.1) is 0 Å². The first-order valence-electron chi connectivity index (χ1n) is 8.18. The van der Waals surface area contributed by atoms with Crippen molar-refractivity contribution in [2.45, 2.75) is 32.1 Å². The van der Waals surface area contributed by atoms with E-state index >= 15 is 0 Å². The number of esters is 1. The van der Waals surface area contributed by atoms with Crippen LogP contribution in [-0.4, -0.2) is 50.6 Å². The van der Waals surface area contributed by atoms with E-state index in [0.29, 0.717) is 19.5 Å². The van der Waals surface area contributed by atoms with Gasteiger partial charge >= 0.3 is 5.97 Å². The van der Waals surface area contributed by atoms with Crippen LogP contribution in [0.25, 0.3) is 0 Å². The number of hydrogen-bond acceptors (Lipinski definition) is 4. The lowest BCUT2D eigenvalue weighted by molar-refractivity contribution is -0.140. The van der Waals surface area contributed by atoms with Gasteiger partial charge in [-0.3, -0.25) is 14.5 Å². The standard InChI is InChI=1S/C18H28N2O3/c1-20(14-8-4-7-11-18(22)23-2)15-17(21)19-13-12-16-9-5-3-6-10-16/h3,5-6,9-10H,4,7-8,11-15H2,1-2H3,(H,19,21). The van der Waals surface area contributed by atoms with E-state index in [1.54, 1.807) is 0 Å². The number of hydrogen-bond donors (Lipinski definition) is 1. The van der Waals surface area contributed by atoms with Crippen LogP contribution in [-0.2, 0) is 20.7 Å². The van der Waals surface area contributed by atoms with Crippen LogP contribution in [0.15, 0.2) is 30.3 Å². The number of likely N-dealkylation sites (N-methyl/N-ethyl adjacent to an activating group) is 1. The quantitative estimate of drug-likeness (QED) is 0.500. The molecule has 0 saturated carbocycles. The van der Waals surface area contributed by atoms with Crippen LogP contribution in [0.4, 0.5) is 0 Å². The molecule has 5 nitrogen and oxygen atoms in total. The summed E-state index contributed by atoms with van der Waals surface area (Å²) < 4.78 is 4.60. The molecular weight excluding hydrogens is 292 g/mol. The zero-order valence-electron chi connectivity index (χ0n) is 14.2. The van der Waals surface area contributed by atoms with Crippen molar-refractivity contribution in [3.8, 4) is 0 Å². The molecule has 1 rings (SSSR count). The van der Waals surface area contributed by atoms with Gasteiger partial charge in [0, 0.05) is 13.0 Å². The van der Waals surface area contributed by atoms with Gasteiger partial charge in [0.2, 0.25) is 5.91 Å². The van der Waals surface area contributed by atoms with Gasteiger partial charge in [-0.25, -0.2) is 0 Å². The van der Waals surface area contributed by atoms with Crippen molar-refractivity contribution in [3.05, 3.63) is 35.9 Å². The first-order valence-corrected chi connectivity index (χ1v) is 8.18. The van der Waals surface area contributed by atoms with Crippen LogP contribution in [0.2, 0.25) is 0 Å². The maximum absolute atomic E-state index is 11.8. The summed E-state index contributed by atoms with van der Waals surface area (Å²) in [7, 11) is 3.35. The van der Waals surface area contributed by atoms with Crippen molar-refractivity contribution in [2.75, 3.05) is 33.8 Å². The highest BCUT2D eigenvalue weighted by atomic mass is 16.5. The molecule has 0 radical (unpaired) electrons. The van der Waals surface area contributed by atoms with Crippen molar-refractivity contribution in [1.29, 1.82) is 0 Å². The van der Waals surface area contributed by atoms with Gasteiger partial charge in [-0.15, -0.1) is 0 Å². The molecule has 0 heterocycles. The number of amides is 1. The Bertz CT molecular complexity index is 463. The molecule has 0 fully saturated rings. The topological polar surface area (TPSA) is 58.6 Å². The van der Waals surface area contributed by atoms with E-state index in [2.05, 4.69) is 22.2 Å². The van der Waals surface area contributed by atoms with Gasteiger partial charge < -0.3 is 10.1 Å². The molecule has 0 aliphatic heterocycles. The Labute approximate surface area is 139 Å². The third-order valence-corrected chi connectivity index (χ3v) is 3.64. The third-order valence-electron chi connectivity index (χ3n) is 3.64. The van der Waals surface area contributed by atoms with Gasteiger partial charge in [-0.2, -0.15) is 0 Å². The highest BCUT2D eigenvalue weighted by Gasteiger charge is 2.06. The van der Waals surface area contributed by atoms with Crippen molar-refractivity contribution in [1.82, 2.24) is 10.2 Å². The number of nitrogens with one attached hydrogen (secondary N) is 1. The minimum Gasteiger partial charge on any atom is -0.469 e. The summed E-state index contributed by atoms with van der Waals surface area (Å²) in [5, 5.41) is 2.94. The Morgan fingerprint density at radius 3 is 2.57 bits per heavy atom. The lowest BCUT2D eigenvalue weighted by atomic mass is 10.1. The maximum atomic E-state index is 11.8. The number of unbranched alkanes of at least 4 members (excludes halogenated alkanes) is 2. The Morgan fingerprint density at radius 1 is 1.13 bits per heavy atom. The van der Waals surface area contributed by atoms with Crippen LogP contribution >= 0.6 is 0 Å². The molecule has 128 valence electrons. The number of methoxy groups -OCH3 is 1. The average Bonchev–Trinajstić information content (AvgIpc) is 2.55. The lowest BCUT2D eigenvalue weighted by Crippen LogP contribution is -2.36. The van der Waals surface area contributed by atoms with Crippen molar-refractivity contribution in [3.63, 3.8) is 0 Å². The molecule has 0 bridgehead atoms. The summed E-state index contributed by atoms with van der Waals surface area (Å²) in [5.74, 6) is -0.103. The maximum Gasteiger partial charge on any atom is 0.305 e. The summed E-state index contributed by atoms with van der Waals surface area (Å²) in [5.41, 5.74) is 1.23. The molecule has 23 heavy (non-hydrogen) atoms. The fourth-order valence-electron chi connectivity index (χ4n) is 2.30. The van der Waals surface area contributed by atoms with Crippen LogP contribution in [0.1, 0.15) is 31.2 Å². The Morgan fingerprint density at radius 2 is 1.87 bits per heavy atom. The molecule has 0 saturated heterocycles. The summed E-state index contributed by atoms with van der Waals surface area (Å²) >= 11 is 0. The van der Waals surface area contributed by atoms with E-state index < -0.39 is 0 Å². The van der Waals surface area contributed by atoms with Crippen LogP contribution < -0.4 is 5.32 Å². The number of carbonyl (C=O) groups excluding carboxylic acids is 2. The van der Waals surface area contributed by atoms with E-state index in [4.69, 9.17) is 0 Å². The van der Waals surface area contributed by atoms with E-state index in [0.717, 1.165) is 32.2 Å². The smallest absolute Gasteiger partial charge is 0.305 e. The zero-order valence-corrected chi connectivity index (χ0v) is 14.2. The number of nitrogens with zero attached hydrogens (tertiary/aromatic N) is 1. The fraction of sp³-hybridized carbons (Fsp3) is 0.556. The molecular formula is C18H28N2O3. The minimum atomic E-state index is -0.156. The van der Waals surface area contributed by atoms with Crippen molar-refractivity contribution < 1.29 is 14.3 Å². The predicted octanol–water partition coefficient (Wildman–Crippen LogP) is 2.01. The molecule has 0 aliphatic carbocycles. The first-order chi connectivity index (χ1) is 11.1. The summed E-state index contributed by atoms with van der Waals surface area (Å²) in [6.45, 7) is 1.93.